The third kappa shape index (κ3) is 11.8. The zero-order valence-corrected chi connectivity index (χ0v) is 14.7. The SMILES string of the molecule is CCCCCCCCCCCCCCC(C)(O)C(C)C. The van der Waals surface area contributed by atoms with E-state index in [1.807, 2.05) is 6.92 Å². The van der Waals surface area contributed by atoms with Crippen molar-refractivity contribution in [2.24, 2.45) is 5.92 Å². The summed E-state index contributed by atoms with van der Waals surface area (Å²) in [6.07, 6.45) is 17.5. The Labute approximate surface area is 128 Å². The maximum absolute atomic E-state index is 10.2. The molecular formula is C19H40O. The lowest BCUT2D eigenvalue weighted by molar-refractivity contribution is 0.00307. The van der Waals surface area contributed by atoms with Gasteiger partial charge in [-0.3, -0.25) is 0 Å². The van der Waals surface area contributed by atoms with Crippen LogP contribution in [0.1, 0.15) is 111 Å². The summed E-state index contributed by atoms with van der Waals surface area (Å²) >= 11 is 0. The Morgan fingerprint density at radius 3 is 1.40 bits per heavy atom. The number of rotatable bonds is 14. The average Bonchev–Trinajstić information content (AvgIpc) is 2.39. The van der Waals surface area contributed by atoms with Crippen molar-refractivity contribution in [2.45, 2.75) is 117 Å². The van der Waals surface area contributed by atoms with Crippen molar-refractivity contribution in [3.8, 4) is 0 Å². The van der Waals surface area contributed by atoms with Crippen LogP contribution in [0.15, 0.2) is 0 Å². The van der Waals surface area contributed by atoms with Gasteiger partial charge in [-0.05, 0) is 19.3 Å². The molecule has 0 aliphatic carbocycles. The van der Waals surface area contributed by atoms with E-state index in [1.54, 1.807) is 0 Å². The standard InChI is InChI=1S/C19H40O/c1-5-6-7-8-9-10-11-12-13-14-15-16-17-19(4,20)18(2)3/h18,20H,5-17H2,1-4H3. The van der Waals surface area contributed by atoms with Crippen LogP contribution in [0.5, 0.6) is 0 Å². The minimum atomic E-state index is -0.460. The zero-order chi connectivity index (χ0) is 15.3. The molecule has 1 heteroatoms. The first kappa shape index (κ1) is 20.0. The second-order valence-electron chi connectivity index (χ2n) is 7.15. The largest absolute Gasteiger partial charge is 0.390 e. The van der Waals surface area contributed by atoms with Crippen LogP contribution >= 0.6 is 0 Å². The number of hydrogen-bond donors (Lipinski definition) is 1. The lowest BCUT2D eigenvalue weighted by Crippen LogP contribution is -2.30. The van der Waals surface area contributed by atoms with Gasteiger partial charge in [-0.25, -0.2) is 0 Å². The summed E-state index contributed by atoms with van der Waals surface area (Å²) in [5.41, 5.74) is -0.460. The van der Waals surface area contributed by atoms with Crippen molar-refractivity contribution in [3.63, 3.8) is 0 Å². The second kappa shape index (κ2) is 12.7. The van der Waals surface area contributed by atoms with Gasteiger partial charge in [-0.2, -0.15) is 0 Å². The maximum atomic E-state index is 10.2. The van der Waals surface area contributed by atoms with Crippen molar-refractivity contribution < 1.29 is 5.11 Å². The fourth-order valence-corrected chi connectivity index (χ4v) is 2.61. The van der Waals surface area contributed by atoms with E-state index < -0.39 is 5.60 Å². The average molecular weight is 285 g/mol. The van der Waals surface area contributed by atoms with Gasteiger partial charge in [0, 0.05) is 0 Å². The molecule has 1 N–H and O–H groups in total. The van der Waals surface area contributed by atoms with E-state index in [0.29, 0.717) is 5.92 Å². The van der Waals surface area contributed by atoms with Crippen molar-refractivity contribution in [1.82, 2.24) is 0 Å². The van der Waals surface area contributed by atoms with Gasteiger partial charge in [0.05, 0.1) is 5.60 Å². The van der Waals surface area contributed by atoms with Crippen LogP contribution in [0.25, 0.3) is 0 Å². The first-order valence-corrected chi connectivity index (χ1v) is 9.23. The van der Waals surface area contributed by atoms with E-state index in [-0.39, 0.29) is 0 Å². The van der Waals surface area contributed by atoms with Crippen LogP contribution in [0.2, 0.25) is 0 Å². The van der Waals surface area contributed by atoms with Crippen LogP contribution in [-0.2, 0) is 0 Å². The van der Waals surface area contributed by atoms with Gasteiger partial charge in [0.25, 0.3) is 0 Å². The molecule has 0 aromatic heterocycles. The van der Waals surface area contributed by atoms with Crippen LogP contribution in [0, 0.1) is 5.92 Å². The van der Waals surface area contributed by atoms with E-state index in [1.165, 1.54) is 77.0 Å². The fraction of sp³-hybridized carbons (Fsp3) is 1.00. The Hall–Kier alpha value is -0.0400. The van der Waals surface area contributed by atoms with Crippen molar-refractivity contribution >= 4 is 0 Å². The fourth-order valence-electron chi connectivity index (χ4n) is 2.61. The van der Waals surface area contributed by atoms with Crippen LogP contribution in [-0.4, -0.2) is 10.7 Å². The summed E-state index contributed by atoms with van der Waals surface area (Å²) < 4.78 is 0. The molecule has 1 atom stereocenters. The molecule has 0 radical (unpaired) electrons. The maximum Gasteiger partial charge on any atom is 0.0642 e. The topological polar surface area (TPSA) is 20.2 Å². The summed E-state index contributed by atoms with van der Waals surface area (Å²) in [7, 11) is 0. The molecule has 1 unspecified atom stereocenters. The van der Waals surface area contributed by atoms with Gasteiger partial charge in [-0.15, -0.1) is 0 Å². The van der Waals surface area contributed by atoms with Crippen molar-refractivity contribution in [3.05, 3.63) is 0 Å². The molecule has 0 aromatic carbocycles. The van der Waals surface area contributed by atoms with Crippen LogP contribution < -0.4 is 0 Å². The molecule has 0 amide bonds. The Kier molecular flexibility index (Phi) is 12.7. The van der Waals surface area contributed by atoms with Crippen molar-refractivity contribution in [2.75, 3.05) is 0 Å². The van der Waals surface area contributed by atoms with Crippen LogP contribution in [0.3, 0.4) is 0 Å². The first-order chi connectivity index (χ1) is 9.50. The van der Waals surface area contributed by atoms with E-state index in [2.05, 4.69) is 20.8 Å². The second-order valence-corrected chi connectivity index (χ2v) is 7.15. The van der Waals surface area contributed by atoms with E-state index in [4.69, 9.17) is 0 Å². The normalized spacial score (nSPS) is 14.7. The molecule has 1 nitrogen and oxygen atoms in total. The summed E-state index contributed by atoms with van der Waals surface area (Å²) in [6, 6.07) is 0. The molecule has 0 bridgehead atoms. The van der Waals surface area contributed by atoms with E-state index >= 15 is 0 Å². The smallest absolute Gasteiger partial charge is 0.0642 e. The molecule has 0 heterocycles. The van der Waals surface area contributed by atoms with Crippen LogP contribution in [0.4, 0.5) is 0 Å². The molecule has 0 saturated carbocycles. The zero-order valence-electron chi connectivity index (χ0n) is 14.7. The summed E-state index contributed by atoms with van der Waals surface area (Å²) in [5, 5.41) is 10.2. The molecule has 0 saturated heterocycles. The van der Waals surface area contributed by atoms with Gasteiger partial charge in [0.1, 0.15) is 0 Å². The van der Waals surface area contributed by atoms with E-state index in [9.17, 15) is 5.11 Å². The minimum absolute atomic E-state index is 0.371. The summed E-state index contributed by atoms with van der Waals surface area (Å²) in [5.74, 6) is 0.371. The highest BCUT2D eigenvalue weighted by atomic mass is 16.3. The molecule has 0 aliphatic heterocycles. The lowest BCUT2D eigenvalue weighted by Gasteiger charge is -2.27. The first-order valence-electron chi connectivity index (χ1n) is 9.23. The predicted molar refractivity (Wildman–Crippen MR) is 91.2 cm³/mol. The Morgan fingerprint density at radius 1 is 0.700 bits per heavy atom. The Morgan fingerprint density at radius 2 is 1.05 bits per heavy atom. The lowest BCUT2D eigenvalue weighted by atomic mass is 9.87. The molecule has 0 fully saturated rings. The number of aliphatic hydroxyl groups is 1. The number of unbranched alkanes of at least 4 members (excludes halogenated alkanes) is 11. The van der Waals surface area contributed by atoms with Gasteiger partial charge in [-0.1, -0.05) is 97.8 Å². The molecule has 20 heavy (non-hydrogen) atoms. The third-order valence-corrected chi connectivity index (χ3v) is 4.78. The van der Waals surface area contributed by atoms with Gasteiger partial charge in [0.15, 0.2) is 0 Å². The minimum Gasteiger partial charge on any atom is -0.390 e. The highest BCUT2D eigenvalue weighted by Gasteiger charge is 2.23. The molecule has 0 aliphatic rings. The van der Waals surface area contributed by atoms with Gasteiger partial charge < -0.3 is 5.11 Å². The summed E-state index contributed by atoms with van der Waals surface area (Å²) in [4.78, 5) is 0. The molecular weight excluding hydrogens is 244 g/mol. The van der Waals surface area contributed by atoms with Gasteiger partial charge >= 0.3 is 0 Å². The number of hydrogen-bond acceptors (Lipinski definition) is 1. The quantitative estimate of drug-likeness (QED) is 0.362. The summed E-state index contributed by atoms with van der Waals surface area (Å²) in [6.45, 7) is 8.48. The monoisotopic (exact) mass is 284 g/mol. The molecule has 0 aromatic rings. The Bertz CT molecular complexity index is 196. The molecule has 0 spiro atoms. The van der Waals surface area contributed by atoms with E-state index in [0.717, 1.165) is 6.42 Å². The molecule has 0 rings (SSSR count). The van der Waals surface area contributed by atoms with Gasteiger partial charge in [0.2, 0.25) is 0 Å². The molecule has 122 valence electrons. The predicted octanol–water partition coefficient (Wildman–Crippen LogP) is 6.48. The highest BCUT2D eigenvalue weighted by Crippen LogP contribution is 2.23. The third-order valence-electron chi connectivity index (χ3n) is 4.78. The highest BCUT2D eigenvalue weighted by molar-refractivity contribution is 4.75. The van der Waals surface area contributed by atoms with Crippen molar-refractivity contribution in [1.29, 1.82) is 0 Å². The Balaban J connectivity index is 3.17.